The summed E-state index contributed by atoms with van der Waals surface area (Å²) in [6.45, 7) is 5.38. The van der Waals surface area contributed by atoms with Gasteiger partial charge in [-0.1, -0.05) is 39.0 Å². The zero-order valence-corrected chi connectivity index (χ0v) is 21.7. The lowest BCUT2D eigenvalue weighted by Gasteiger charge is -2.37. The number of likely N-dealkylation sites (N-methyl/N-ethyl adjacent to an activating group) is 2. The summed E-state index contributed by atoms with van der Waals surface area (Å²) in [6, 6.07) is -1.27. The van der Waals surface area contributed by atoms with Gasteiger partial charge in [-0.2, -0.15) is 0 Å². The van der Waals surface area contributed by atoms with Crippen LogP contribution in [0, 0.1) is 11.8 Å². The van der Waals surface area contributed by atoms with E-state index in [0.717, 1.165) is 30.6 Å². The predicted molar refractivity (Wildman–Crippen MR) is 128 cm³/mol. The van der Waals surface area contributed by atoms with Gasteiger partial charge in [-0.25, -0.2) is 15.1 Å². The van der Waals surface area contributed by atoms with Crippen molar-refractivity contribution < 1.29 is 33.7 Å². The summed E-state index contributed by atoms with van der Waals surface area (Å²) >= 11 is 0. The largest absolute Gasteiger partial charge is 0.364 e. The number of rotatable bonds is 12. The summed E-state index contributed by atoms with van der Waals surface area (Å²) in [4.78, 5) is 67.2. The van der Waals surface area contributed by atoms with Crippen molar-refractivity contribution in [3.8, 4) is 0 Å². The Morgan fingerprint density at radius 3 is 2.31 bits per heavy atom. The Balaban J connectivity index is 2.41. The Labute approximate surface area is 207 Å². The highest BCUT2D eigenvalue weighted by Crippen LogP contribution is 2.34. The van der Waals surface area contributed by atoms with Gasteiger partial charge in [-0.05, 0) is 20.3 Å². The molecule has 11 nitrogen and oxygen atoms in total. The Hall–Kier alpha value is -2.53. The number of amides is 6. The van der Waals surface area contributed by atoms with E-state index >= 15 is 0 Å². The Bertz CT molecular complexity index is 846. The molecule has 2 saturated heterocycles. The first-order valence-corrected chi connectivity index (χ1v) is 12.6. The maximum atomic E-state index is 14.0. The summed E-state index contributed by atoms with van der Waals surface area (Å²) in [5.74, 6) is -4.31. The topological polar surface area (TPSA) is 150 Å². The van der Waals surface area contributed by atoms with E-state index in [4.69, 9.17) is 5.73 Å². The number of likely N-dealkylation sites (tertiary alicyclic amines) is 1. The minimum atomic E-state index is -1.17. The van der Waals surface area contributed by atoms with Gasteiger partial charge < -0.3 is 10.6 Å². The van der Waals surface area contributed by atoms with Gasteiger partial charge in [0.2, 0.25) is 5.91 Å². The van der Waals surface area contributed by atoms with Crippen LogP contribution >= 0.6 is 0 Å². The van der Waals surface area contributed by atoms with Crippen molar-refractivity contribution in [1.82, 2.24) is 15.3 Å². The number of hydrogen-bond acceptors (Lipinski definition) is 6. The maximum Gasteiger partial charge on any atom is 0.327 e. The summed E-state index contributed by atoms with van der Waals surface area (Å²) in [5, 5.41) is 9.52. The van der Waals surface area contributed by atoms with Crippen LogP contribution in [0.15, 0.2) is 0 Å². The normalized spacial score (nSPS) is 25.6. The highest BCUT2D eigenvalue weighted by atomic mass is 16.5. The first kappa shape index (κ1) is 28.7. The van der Waals surface area contributed by atoms with Crippen LogP contribution in [0.3, 0.4) is 0 Å². The molecule has 35 heavy (non-hydrogen) atoms. The van der Waals surface area contributed by atoms with Crippen LogP contribution in [-0.2, 0) is 19.2 Å². The SMILES string of the molecule is CCCCCCCC(C(=O)[N+]1(C)CCC[C@H]1C(N)=O)[C@H](CN1C(=O)N(C)C(C)(C)C1=O)C(=O)NO. The molecule has 2 aliphatic rings. The van der Waals surface area contributed by atoms with E-state index in [-0.39, 0.29) is 16.9 Å². The molecule has 2 aliphatic heterocycles. The third-order valence-electron chi connectivity index (χ3n) is 7.99. The van der Waals surface area contributed by atoms with Gasteiger partial charge in [-0.15, -0.1) is 0 Å². The molecule has 0 aromatic rings. The van der Waals surface area contributed by atoms with E-state index in [1.54, 1.807) is 26.4 Å². The second-order valence-corrected chi connectivity index (χ2v) is 10.6. The molecule has 198 valence electrons. The van der Waals surface area contributed by atoms with Crippen molar-refractivity contribution >= 4 is 29.7 Å². The molecule has 2 unspecified atom stereocenters. The molecule has 0 spiro atoms. The average Bonchev–Trinajstić information content (AvgIpc) is 3.28. The van der Waals surface area contributed by atoms with Crippen LogP contribution in [0.5, 0.6) is 0 Å². The Kier molecular flexibility index (Phi) is 9.41. The molecule has 0 radical (unpaired) electrons. The zero-order valence-electron chi connectivity index (χ0n) is 21.7. The molecular weight excluding hydrogens is 454 g/mol. The van der Waals surface area contributed by atoms with Crippen molar-refractivity contribution in [2.75, 3.05) is 27.2 Å². The second-order valence-electron chi connectivity index (χ2n) is 10.6. The number of nitrogens with zero attached hydrogens (tertiary/aromatic N) is 3. The number of carbonyl (C=O) groups excluding carboxylic acids is 5. The number of carbonyl (C=O) groups is 5. The van der Waals surface area contributed by atoms with Crippen molar-refractivity contribution in [2.24, 2.45) is 17.6 Å². The fourth-order valence-corrected chi connectivity index (χ4v) is 5.40. The molecule has 0 bridgehead atoms. The first-order chi connectivity index (χ1) is 16.3. The third kappa shape index (κ3) is 5.66. The molecule has 0 saturated carbocycles. The van der Waals surface area contributed by atoms with Crippen LogP contribution in [0.25, 0.3) is 0 Å². The number of primary amides is 1. The van der Waals surface area contributed by atoms with Crippen LogP contribution in [0.2, 0.25) is 0 Å². The van der Waals surface area contributed by atoms with E-state index in [9.17, 15) is 29.2 Å². The quantitative estimate of drug-likeness (QED) is 0.122. The fraction of sp³-hybridized carbons (Fsp3) is 0.792. The Morgan fingerprint density at radius 1 is 1.17 bits per heavy atom. The summed E-state index contributed by atoms with van der Waals surface area (Å²) in [7, 11) is 3.16. The smallest absolute Gasteiger partial charge is 0.327 e. The van der Waals surface area contributed by atoms with E-state index < -0.39 is 47.2 Å². The summed E-state index contributed by atoms with van der Waals surface area (Å²) in [6.07, 6.45) is 6.02. The fourth-order valence-electron chi connectivity index (χ4n) is 5.40. The number of urea groups is 1. The molecule has 11 heteroatoms. The van der Waals surface area contributed by atoms with Crippen LogP contribution in [-0.4, -0.2) is 87.9 Å². The van der Waals surface area contributed by atoms with Crippen LogP contribution in [0.1, 0.15) is 72.1 Å². The molecule has 0 aromatic heterocycles. The number of unbranched alkanes of at least 4 members (excludes halogenated alkanes) is 4. The number of imide groups is 1. The van der Waals surface area contributed by atoms with Gasteiger partial charge in [0, 0.05) is 26.4 Å². The van der Waals surface area contributed by atoms with Crippen molar-refractivity contribution in [2.45, 2.75) is 83.7 Å². The lowest BCUT2D eigenvalue weighted by molar-refractivity contribution is -0.839. The van der Waals surface area contributed by atoms with Gasteiger partial charge in [0.05, 0.1) is 25.4 Å². The van der Waals surface area contributed by atoms with Crippen molar-refractivity contribution in [3.63, 3.8) is 0 Å². The molecule has 2 heterocycles. The maximum absolute atomic E-state index is 14.0. The van der Waals surface area contributed by atoms with Crippen molar-refractivity contribution in [1.29, 1.82) is 0 Å². The van der Waals surface area contributed by atoms with Crippen LogP contribution in [0.4, 0.5) is 4.79 Å². The number of quaternary nitrogens is 1. The van der Waals surface area contributed by atoms with Gasteiger partial charge >= 0.3 is 11.9 Å². The first-order valence-electron chi connectivity index (χ1n) is 12.6. The second kappa shape index (κ2) is 11.5. The monoisotopic (exact) mass is 496 g/mol. The highest BCUT2D eigenvalue weighted by Gasteiger charge is 2.55. The van der Waals surface area contributed by atoms with Gasteiger partial charge in [0.1, 0.15) is 5.54 Å². The van der Waals surface area contributed by atoms with Gasteiger partial charge in [-0.3, -0.25) is 29.0 Å². The van der Waals surface area contributed by atoms with E-state index in [2.05, 4.69) is 6.92 Å². The van der Waals surface area contributed by atoms with E-state index in [1.807, 2.05) is 0 Å². The zero-order chi connectivity index (χ0) is 26.6. The molecule has 4 N–H and O–H groups in total. The molecule has 2 fully saturated rings. The molecule has 4 atom stereocenters. The summed E-state index contributed by atoms with van der Waals surface area (Å²) < 4.78 is -0.225. The minimum Gasteiger partial charge on any atom is -0.364 e. The van der Waals surface area contributed by atoms with E-state index in [1.165, 1.54) is 11.9 Å². The number of nitrogens with two attached hydrogens (primary N) is 1. The molecule has 0 aromatic carbocycles. The predicted octanol–water partition coefficient (Wildman–Crippen LogP) is 1.38. The highest BCUT2D eigenvalue weighted by molar-refractivity contribution is 6.06. The van der Waals surface area contributed by atoms with E-state index in [0.29, 0.717) is 32.2 Å². The number of hydrogen-bond donors (Lipinski definition) is 3. The third-order valence-corrected chi connectivity index (χ3v) is 7.99. The average molecular weight is 497 g/mol. The molecule has 6 amide bonds. The molecule has 2 rings (SSSR count). The standard InChI is InChI=1S/C24H41N5O6/c1-6-7-8-9-10-12-16(21(32)29(5)14-11-13-18(29)19(25)30)17(20(31)26-35)15-28-22(33)24(2,3)27(4)23(28)34/h16-18H,6-15H2,1-5H3,(H3-,25,26,30,31,35)/p+1/t16?,17-,18-,29?/m0/s1. The van der Waals surface area contributed by atoms with Crippen molar-refractivity contribution in [3.05, 3.63) is 0 Å². The lowest BCUT2D eigenvalue weighted by atomic mass is 9.84. The van der Waals surface area contributed by atoms with Gasteiger partial charge in [0.15, 0.2) is 6.04 Å². The Morgan fingerprint density at radius 2 is 1.80 bits per heavy atom. The van der Waals surface area contributed by atoms with Gasteiger partial charge in [0.25, 0.3) is 11.8 Å². The lowest BCUT2D eigenvalue weighted by Crippen LogP contribution is -2.61. The number of hydroxylamine groups is 1. The molecule has 0 aliphatic carbocycles. The molecular formula is C24H42N5O6+. The van der Waals surface area contributed by atoms with Crippen LogP contribution < -0.4 is 11.2 Å². The minimum absolute atomic E-state index is 0.225. The number of nitrogens with one attached hydrogen (secondary N) is 1. The summed E-state index contributed by atoms with van der Waals surface area (Å²) in [5.41, 5.74) is 6.15.